The fourth-order valence-electron chi connectivity index (χ4n) is 3.16. The van der Waals surface area contributed by atoms with Crippen molar-refractivity contribution >= 4 is 21.6 Å². The van der Waals surface area contributed by atoms with Crippen LogP contribution in [0, 0.1) is 0 Å². The Hall–Kier alpha value is -0.610. The predicted octanol–water partition coefficient (Wildman–Crippen LogP) is 3.43. The minimum atomic E-state index is 0.961. The summed E-state index contributed by atoms with van der Waals surface area (Å²) < 4.78 is 0.961. The van der Waals surface area contributed by atoms with E-state index in [9.17, 15) is 0 Å². The van der Waals surface area contributed by atoms with Crippen LogP contribution in [-0.2, 0) is 6.54 Å². The molecule has 3 nitrogen and oxygen atoms in total. The Morgan fingerprint density at radius 3 is 2.37 bits per heavy atom. The highest BCUT2D eigenvalue weighted by Crippen LogP contribution is 2.26. The summed E-state index contributed by atoms with van der Waals surface area (Å²) in [6, 6.07) is 4.32. The van der Waals surface area contributed by atoms with Crippen molar-refractivity contribution in [3.8, 4) is 0 Å². The van der Waals surface area contributed by atoms with E-state index in [1.165, 1.54) is 69.7 Å². The number of likely N-dealkylation sites (tertiary alicyclic amines) is 1. The Morgan fingerprint density at radius 2 is 1.63 bits per heavy atom. The summed E-state index contributed by atoms with van der Waals surface area (Å²) in [6.07, 6.45) is 6.69. The summed E-state index contributed by atoms with van der Waals surface area (Å²) in [4.78, 5) is 9.80. The van der Waals surface area contributed by atoms with Gasteiger partial charge in [-0.05, 0) is 73.3 Å². The van der Waals surface area contributed by atoms with E-state index < -0.39 is 0 Å². The van der Waals surface area contributed by atoms with Crippen molar-refractivity contribution in [3.05, 3.63) is 22.4 Å². The van der Waals surface area contributed by atoms with Crippen LogP contribution in [-0.4, -0.2) is 36.1 Å². The number of hydrogen-bond donors (Lipinski definition) is 0. The number of aromatic nitrogens is 1. The Kier molecular flexibility index (Phi) is 4.38. The van der Waals surface area contributed by atoms with E-state index in [-0.39, 0.29) is 0 Å². The van der Waals surface area contributed by atoms with E-state index in [0.29, 0.717) is 0 Å². The Morgan fingerprint density at radius 1 is 0.947 bits per heavy atom. The average Bonchev–Trinajstić information content (AvgIpc) is 2.93. The van der Waals surface area contributed by atoms with Crippen molar-refractivity contribution < 1.29 is 0 Å². The van der Waals surface area contributed by atoms with Crippen LogP contribution < -0.4 is 4.90 Å². The van der Waals surface area contributed by atoms with Gasteiger partial charge in [-0.2, -0.15) is 0 Å². The van der Waals surface area contributed by atoms with Crippen LogP contribution in [0.15, 0.2) is 16.7 Å². The smallest absolute Gasteiger partial charge is 0.106 e. The average molecular weight is 324 g/mol. The molecule has 0 spiro atoms. The van der Waals surface area contributed by atoms with E-state index in [2.05, 4.69) is 37.9 Å². The van der Waals surface area contributed by atoms with Gasteiger partial charge in [0, 0.05) is 19.6 Å². The van der Waals surface area contributed by atoms with Crippen LogP contribution in [0.25, 0.3) is 0 Å². The van der Waals surface area contributed by atoms with E-state index >= 15 is 0 Å². The molecule has 0 radical (unpaired) electrons. The van der Waals surface area contributed by atoms with Crippen LogP contribution in [0.3, 0.4) is 0 Å². The maximum Gasteiger partial charge on any atom is 0.106 e. The molecule has 0 aromatic carbocycles. The van der Waals surface area contributed by atoms with Gasteiger partial charge < -0.3 is 4.90 Å². The molecule has 1 aromatic rings. The molecule has 0 aliphatic carbocycles. The number of anilines is 1. The molecule has 2 aliphatic rings. The highest BCUT2D eigenvalue weighted by molar-refractivity contribution is 9.10. The zero-order valence-electron chi connectivity index (χ0n) is 11.4. The third-order valence-corrected chi connectivity index (χ3v) is 4.63. The lowest BCUT2D eigenvalue weighted by Crippen LogP contribution is -2.31. The van der Waals surface area contributed by atoms with Crippen LogP contribution in [0.1, 0.15) is 37.8 Å². The predicted molar refractivity (Wildman–Crippen MR) is 82.5 cm³/mol. The van der Waals surface area contributed by atoms with E-state index in [0.717, 1.165) is 11.1 Å². The van der Waals surface area contributed by atoms with Crippen molar-refractivity contribution in [2.45, 2.75) is 38.6 Å². The highest BCUT2D eigenvalue weighted by atomic mass is 79.9. The molecule has 0 saturated carbocycles. The fraction of sp³-hybridized carbons (Fsp3) is 0.667. The first-order chi connectivity index (χ1) is 9.33. The van der Waals surface area contributed by atoms with Crippen LogP contribution in [0.4, 0.5) is 5.69 Å². The van der Waals surface area contributed by atoms with Gasteiger partial charge >= 0.3 is 0 Å². The highest BCUT2D eigenvalue weighted by Gasteiger charge is 2.19. The molecular formula is C15H22BrN3. The lowest BCUT2D eigenvalue weighted by atomic mass is 10.1. The third-order valence-electron chi connectivity index (χ3n) is 4.18. The first-order valence-corrected chi connectivity index (χ1v) is 8.25. The van der Waals surface area contributed by atoms with Gasteiger partial charge in [-0.1, -0.05) is 0 Å². The minimum Gasteiger partial charge on any atom is -0.370 e. The van der Waals surface area contributed by atoms with E-state index in [1.54, 1.807) is 0 Å². The summed E-state index contributed by atoms with van der Waals surface area (Å²) in [7, 11) is 0. The number of nitrogens with zero attached hydrogens (tertiary/aromatic N) is 3. The Bertz CT molecular complexity index is 423. The van der Waals surface area contributed by atoms with Crippen LogP contribution in [0.2, 0.25) is 0 Å². The molecule has 104 valence electrons. The first-order valence-electron chi connectivity index (χ1n) is 7.46. The quantitative estimate of drug-likeness (QED) is 0.794. The van der Waals surface area contributed by atoms with E-state index in [4.69, 9.17) is 4.98 Å². The molecule has 0 unspecified atom stereocenters. The SMILES string of the molecule is Brc1ccc(N2CCCCC2)c(CN2CCCC2)n1. The molecular weight excluding hydrogens is 302 g/mol. The summed E-state index contributed by atoms with van der Waals surface area (Å²) >= 11 is 3.52. The maximum atomic E-state index is 4.75. The minimum absolute atomic E-state index is 0.961. The largest absolute Gasteiger partial charge is 0.370 e. The number of pyridine rings is 1. The topological polar surface area (TPSA) is 19.4 Å². The Balaban J connectivity index is 1.80. The normalized spacial score (nSPS) is 21.0. The standard InChI is InChI=1S/C15H22BrN3/c16-15-7-6-14(19-10-2-1-3-11-19)13(17-15)12-18-8-4-5-9-18/h6-7H,1-5,8-12H2. The summed E-state index contributed by atoms with van der Waals surface area (Å²) in [5, 5.41) is 0. The third kappa shape index (κ3) is 3.29. The lowest BCUT2D eigenvalue weighted by Gasteiger charge is -2.31. The number of halogens is 1. The second-order valence-electron chi connectivity index (χ2n) is 5.63. The van der Waals surface area contributed by atoms with Crippen LogP contribution >= 0.6 is 15.9 Å². The maximum absolute atomic E-state index is 4.75. The van der Waals surface area contributed by atoms with E-state index in [1.807, 2.05) is 0 Å². The number of piperidine rings is 1. The molecule has 0 atom stereocenters. The molecule has 2 aliphatic heterocycles. The zero-order valence-corrected chi connectivity index (χ0v) is 13.0. The van der Waals surface area contributed by atoms with Gasteiger partial charge in [0.25, 0.3) is 0 Å². The second kappa shape index (κ2) is 6.23. The Labute approximate surface area is 124 Å². The van der Waals surface area contributed by atoms with Gasteiger partial charge in [0.05, 0.1) is 11.4 Å². The number of rotatable bonds is 3. The fourth-order valence-corrected chi connectivity index (χ4v) is 3.51. The molecule has 0 N–H and O–H groups in total. The molecule has 19 heavy (non-hydrogen) atoms. The summed E-state index contributed by atoms with van der Waals surface area (Å²) in [5.74, 6) is 0. The van der Waals surface area contributed by atoms with Crippen molar-refractivity contribution in [1.82, 2.24) is 9.88 Å². The second-order valence-corrected chi connectivity index (χ2v) is 6.44. The van der Waals surface area contributed by atoms with Gasteiger partial charge in [0.15, 0.2) is 0 Å². The van der Waals surface area contributed by atoms with Crippen molar-refractivity contribution in [2.75, 3.05) is 31.1 Å². The summed E-state index contributed by atoms with van der Waals surface area (Å²) in [6.45, 7) is 5.85. The monoisotopic (exact) mass is 323 g/mol. The van der Waals surface area contributed by atoms with Gasteiger partial charge in [0.1, 0.15) is 4.60 Å². The van der Waals surface area contributed by atoms with Crippen molar-refractivity contribution in [1.29, 1.82) is 0 Å². The van der Waals surface area contributed by atoms with Gasteiger partial charge in [-0.3, -0.25) is 4.90 Å². The molecule has 4 heteroatoms. The molecule has 2 fully saturated rings. The summed E-state index contributed by atoms with van der Waals surface area (Å²) in [5.41, 5.74) is 2.60. The van der Waals surface area contributed by atoms with Gasteiger partial charge in [-0.15, -0.1) is 0 Å². The molecule has 2 saturated heterocycles. The van der Waals surface area contributed by atoms with Gasteiger partial charge in [0.2, 0.25) is 0 Å². The number of hydrogen-bond acceptors (Lipinski definition) is 3. The molecule has 0 bridgehead atoms. The molecule has 3 rings (SSSR count). The molecule has 0 amide bonds. The molecule has 3 heterocycles. The van der Waals surface area contributed by atoms with Crippen molar-refractivity contribution in [3.63, 3.8) is 0 Å². The van der Waals surface area contributed by atoms with Crippen molar-refractivity contribution in [2.24, 2.45) is 0 Å². The lowest BCUT2D eigenvalue weighted by molar-refractivity contribution is 0.327. The van der Waals surface area contributed by atoms with Crippen LogP contribution in [0.5, 0.6) is 0 Å². The molecule has 1 aromatic heterocycles. The first kappa shape index (κ1) is 13.4. The zero-order chi connectivity index (χ0) is 13.1. The van der Waals surface area contributed by atoms with Gasteiger partial charge in [-0.25, -0.2) is 4.98 Å².